The first-order valence-corrected chi connectivity index (χ1v) is 8.67. The first kappa shape index (κ1) is 15.5. The summed E-state index contributed by atoms with van der Waals surface area (Å²) in [6.45, 7) is 7.26. The van der Waals surface area contributed by atoms with Gasteiger partial charge in [0.2, 0.25) is 0 Å². The van der Waals surface area contributed by atoms with Crippen molar-refractivity contribution in [3.63, 3.8) is 0 Å². The topological polar surface area (TPSA) is 74.7 Å². The van der Waals surface area contributed by atoms with Gasteiger partial charge < -0.3 is 5.11 Å². The molecule has 112 valence electrons. The molecule has 0 aliphatic carbocycles. The van der Waals surface area contributed by atoms with Gasteiger partial charge in [-0.25, -0.2) is 8.42 Å². The first-order valence-electron chi connectivity index (χ1n) is 6.41. The maximum absolute atomic E-state index is 12.8. The summed E-state index contributed by atoms with van der Waals surface area (Å²) in [5, 5.41) is 9.24. The number of carboxylic acid groups (broad SMARTS) is 1. The van der Waals surface area contributed by atoms with Crippen molar-refractivity contribution >= 4 is 27.3 Å². The van der Waals surface area contributed by atoms with E-state index in [1.54, 1.807) is 20.8 Å². The number of carbonyl (C=O) groups is 1. The molecule has 1 aromatic rings. The Hall–Kier alpha value is -0.920. The second-order valence-corrected chi connectivity index (χ2v) is 9.05. The van der Waals surface area contributed by atoms with E-state index in [0.717, 1.165) is 10.4 Å². The Balaban J connectivity index is 2.46. The lowest BCUT2D eigenvalue weighted by atomic mass is 9.89. The summed E-state index contributed by atoms with van der Waals surface area (Å²) in [4.78, 5) is 12.2. The predicted octanol–water partition coefficient (Wildman–Crippen LogP) is 2.24. The van der Waals surface area contributed by atoms with Crippen molar-refractivity contribution < 1.29 is 18.3 Å². The molecule has 0 saturated carbocycles. The van der Waals surface area contributed by atoms with Crippen LogP contribution in [0.4, 0.5) is 0 Å². The van der Waals surface area contributed by atoms with Crippen molar-refractivity contribution in [1.82, 2.24) is 4.31 Å². The molecule has 1 atom stereocenters. The molecule has 1 unspecified atom stereocenters. The van der Waals surface area contributed by atoms with Gasteiger partial charge in [-0.05, 0) is 45.7 Å². The van der Waals surface area contributed by atoms with E-state index in [4.69, 9.17) is 0 Å². The molecular weight excluding hydrogens is 298 g/mol. The monoisotopic (exact) mass is 317 g/mol. The van der Waals surface area contributed by atoms with Gasteiger partial charge in [-0.3, -0.25) is 4.79 Å². The van der Waals surface area contributed by atoms with Gasteiger partial charge in [-0.1, -0.05) is 0 Å². The zero-order chi connectivity index (χ0) is 15.3. The highest BCUT2D eigenvalue weighted by molar-refractivity contribution is 7.91. The highest BCUT2D eigenvalue weighted by Gasteiger charge is 2.51. The summed E-state index contributed by atoms with van der Waals surface area (Å²) in [5.74, 6) is -1.61. The van der Waals surface area contributed by atoms with Crippen molar-refractivity contribution in [2.45, 2.75) is 43.9 Å². The summed E-state index contributed by atoms with van der Waals surface area (Å²) in [7, 11) is -3.63. The molecule has 1 aromatic heterocycles. The molecule has 1 aliphatic heterocycles. The highest BCUT2D eigenvalue weighted by Crippen LogP contribution is 2.41. The predicted molar refractivity (Wildman–Crippen MR) is 77.5 cm³/mol. The average molecular weight is 317 g/mol. The smallest absolute Gasteiger partial charge is 0.308 e. The van der Waals surface area contributed by atoms with Crippen LogP contribution in [-0.2, 0) is 14.8 Å². The number of aryl methyl sites for hydroxylation is 2. The van der Waals surface area contributed by atoms with E-state index >= 15 is 0 Å². The van der Waals surface area contributed by atoms with Crippen LogP contribution < -0.4 is 0 Å². The zero-order valence-corrected chi connectivity index (χ0v) is 13.6. The molecule has 1 saturated heterocycles. The summed E-state index contributed by atoms with van der Waals surface area (Å²) < 4.78 is 27.3. The van der Waals surface area contributed by atoms with Crippen LogP contribution in [0.25, 0.3) is 0 Å². The van der Waals surface area contributed by atoms with Gasteiger partial charge in [0.05, 0.1) is 5.92 Å². The fraction of sp³-hybridized carbons (Fsp3) is 0.615. The fourth-order valence-corrected chi connectivity index (χ4v) is 6.49. The van der Waals surface area contributed by atoms with Crippen LogP contribution in [-0.4, -0.2) is 35.9 Å². The highest BCUT2D eigenvalue weighted by atomic mass is 32.2. The van der Waals surface area contributed by atoms with Gasteiger partial charge in [0.25, 0.3) is 10.0 Å². The lowest BCUT2D eigenvalue weighted by Crippen LogP contribution is -2.47. The summed E-state index contributed by atoms with van der Waals surface area (Å²) in [6.07, 6.45) is 0.352. The Bertz CT molecular complexity index is 645. The number of thiophene rings is 1. The minimum absolute atomic E-state index is 0.253. The van der Waals surface area contributed by atoms with Gasteiger partial charge in [0.1, 0.15) is 4.21 Å². The van der Waals surface area contributed by atoms with Crippen LogP contribution in [0.3, 0.4) is 0 Å². The van der Waals surface area contributed by atoms with Crippen LogP contribution in [0.2, 0.25) is 0 Å². The van der Waals surface area contributed by atoms with Crippen molar-refractivity contribution in [3.8, 4) is 0 Å². The Morgan fingerprint density at radius 1 is 1.45 bits per heavy atom. The second-order valence-electron chi connectivity index (χ2n) is 5.74. The molecule has 0 radical (unpaired) electrons. The van der Waals surface area contributed by atoms with Gasteiger partial charge in [0, 0.05) is 17.0 Å². The molecule has 7 heteroatoms. The molecule has 0 aromatic carbocycles. The molecule has 2 rings (SSSR count). The zero-order valence-electron chi connectivity index (χ0n) is 12.0. The normalized spacial score (nSPS) is 23.1. The lowest BCUT2D eigenvalue weighted by molar-refractivity contribution is -0.143. The number of sulfonamides is 1. The van der Waals surface area contributed by atoms with Gasteiger partial charge in [0.15, 0.2) is 0 Å². The standard InChI is InChI=1S/C13H19NO4S2/c1-8-7-9(2)19-12(8)20(17,18)14-6-5-10(11(15)16)13(14,3)4/h7,10H,5-6H2,1-4H3,(H,15,16). The Morgan fingerprint density at radius 2 is 2.05 bits per heavy atom. The molecule has 1 aliphatic rings. The molecule has 1 fully saturated rings. The van der Waals surface area contributed by atoms with E-state index in [9.17, 15) is 18.3 Å². The molecule has 0 bridgehead atoms. The van der Waals surface area contributed by atoms with Crippen LogP contribution in [0, 0.1) is 19.8 Å². The van der Waals surface area contributed by atoms with Gasteiger partial charge >= 0.3 is 5.97 Å². The third kappa shape index (κ3) is 2.27. The Morgan fingerprint density at radius 3 is 2.45 bits per heavy atom. The van der Waals surface area contributed by atoms with E-state index in [1.165, 1.54) is 15.6 Å². The molecule has 0 spiro atoms. The average Bonchev–Trinajstić information content (AvgIpc) is 2.78. The Labute approximate surface area is 123 Å². The first-order chi connectivity index (χ1) is 9.08. The number of hydrogen-bond acceptors (Lipinski definition) is 4. The molecule has 1 N–H and O–H groups in total. The number of rotatable bonds is 3. The Kier molecular flexibility index (Phi) is 3.73. The fourth-order valence-electron chi connectivity index (χ4n) is 2.89. The summed E-state index contributed by atoms with van der Waals surface area (Å²) in [6, 6.07) is 1.84. The number of carboxylic acids is 1. The quantitative estimate of drug-likeness (QED) is 0.927. The SMILES string of the molecule is Cc1cc(C)c(S(=O)(=O)N2CCC(C(=O)O)C2(C)C)s1. The van der Waals surface area contributed by atoms with E-state index in [0.29, 0.717) is 10.6 Å². The third-order valence-electron chi connectivity index (χ3n) is 3.93. The molecular formula is C13H19NO4S2. The van der Waals surface area contributed by atoms with Crippen molar-refractivity contribution in [3.05, 3.63) is 16.5 Å². The minimum atomic E-state index is -3.63. The van der Waals surface area contributed by atoms with Crippen LogP contribution >= 0.6 is 11.3 Å². The number of nitrogens with zero attached hydrogens (tertiary/aromatic N) is 1. The van der Waals surface area contributed by atoms with Crippen LogP contribution in [0.5, 0.6) is 0 Å². The van der Waals surface area contributed by atoms with Gasteiger partial charge in [-0.15, -0.1) is 11.3 Å². The molecule has 5 nitrogen and oxygen atoms in total. The van der Waals surface area contributed by atoms with E-state index in [-0.39, 0.29) is 6.54 Å². The van der Waals surface area contributed by atoms with E-state index < -0.39 is 27.4 Å². The second kappa shape index (κ2) is 4.82. The van der Waals surface area contributed by atoms with E-state index in [2.05, 4.69) is 0 Å². The molecule has 0 amide bonds. The lowest BCUT2D eigenvalue weighted by Gasteiger charge is -2.33. The van der Waals surface area contributed by atoms with Crippen molar-refractivity contribution in [2.75, 3.05) is 6.54 Å². The maximum Gasteiger partial charge on any atom is 0.308 e. The summed E-state index contributed by atoms with van der Waals surface area (Å²) in [5.41, 5.74) is -0.184. The van der Waals surface area contributed by atoms with Crippen LogP contribution in [0.1, 0.15) is 30.7 Å². The van der Waals surface area contributed by atoms with Gasteiger partial charge in [-0.2, -0.15) is 4.31 Å². The van der Waals surface area contributed by atoms with Crippen LogP contribution in [0.15, 0.2) is 10.3 Å². The van der Waals surface area contributed by atoms with E-state index in [1.807, 2.05) is 13.0 Å². The number of hydrogen-bond donors (Lipinski definition) is 1. The maximum atomic E-state index is 12.8. The van der Waals surface area contributed by atoms with Crippen molar-refractivity contribution in [2.24, 2.45) is 5.92 Å². The third-order valence-corrected chi connectivity index (χ3v) is 7.79. The largest absolute Gasteiger partial charge is 0.481 e. The number of aliphatic carboxylic acids is 1. The minimum Gasteiger partial charge on any atom is -0.481 e. The molecule has 2 heterocycles. The molecule has 20 heavy (non-hydrogen) atoms. The van der Waals surface area contributed by atoms with Crippen molar-refractivity contribution in [1.29, 1.82) is 0 Å². The summed E-state index contributed by atoms with van der Waals surface area (Å²) >= 11 is 1.24.